The van der Waals surface area contributed by atoms with Crippen molar-refractivity contribution in [2.24, 2.45) is 5.73 Å². The lowest BCUT2D eigenvalue weighted by Crippen LogP contribution is -2.25. The monoisotopic (exact) mass is 294 g/mol. The molecule has 1 aromatic heterocycles. The van der Waals surface area contributed by atoms with Gasteiger partial charge in [-0.1, -0.05) is 46.3 Å². The third-order valence-electron chi connectivity index (χ3n) is 3.56. The number of nitrogens with zero attached hydrogens (tertiary/aromatic N) is 2. The van der Waals surface area contributed by atoms with Crippen LogP contribution in [-0.2, 0) is 12.8 Å². The molecule has 0 radical (unpaired) electrons. The van der Waals surface area contributed by atoms with Crippen molar-refractivity contribution in [3.63, 3.8) is 0 Å². The number of nitrogens with one attached hydrogen (secondary N) is 1. The minimum absolute atomic E-state index is 0.389. The van der Waals surface area contributed by atoms with Crippen LogP contribution in [0.3, 0.4) is 0 Å². The number of hydrogen-bond donors (Lipinski definition) is 2. The van der Waals surface area contributed by atoms with E-state index in [1.807, 2.05) is 0 Å². The highest BCUT2D eigenvalue weighted by Gasteiger charge is 2.18. The van der Waals surface area contributed by atoms with E-state index in [1.54, 1.807) is 0 Å². The molecule has 20 heavy (non-hydrogen) atoms. The quantitative estimate of drug-likeness (QED) is 0.721. The molecule has 0 aliphatic rings. The third-order valence-corrected chi connectivity index (χ3v) is 3.77. The number of aryl methyl sites for hydroxylation is 1. The van der Waals surface area contributed by atoms with Gasteiger partial charge in [-0.3, -0.25) is 0 Å². The molecular weight excluding hydrogens is 268 g/mol. The Labute approximate surface area is 127 Å². The summed E-state index contributed by atoms with van der Waals surface area (Å²) in [7, 11) is 0. The van der Waals surface area contributed by atoms with E-state index in [2.05, 4.69) is 43.2 Å². The second kappa shape index (κ2) is 8.15. The van der Waals surface area contributed by atoms with E-state index >= 15 is 0 Å². The molecule has 0 aliphatic carbocycles. The van der Waals surface area contributed by atoms with Gasteiger partial charge in [0.05, 0.1) is 11.3 Å². The number of hydrogen-bond acceptors (Lipinski definition) is 4. The standard InChI is InChI=1S/C15H26N4S/c1-5-9-10(6-2)17-15-13(14(16)20)11(7-3)12(8-4)18-19-15/h10H,5-9H2,1-4H3,(H2,16,20)(H,17,19). The van der Waals surface area contributed by atoms with Crippen LogP contribution in [0, 0.1) is 0 Å². The summed E-state index contributed by atoms with van der Waals surface area (Å²) in [5.41, 5.74) is 8.93. The molecule has 0 bridgehead atoms. The van der Waals surface area contributed by atoms with Crippen molar-refractivity contribution < 1.29 is 0 Å². The normalized spacial score (nSPS) is 12.2. The first-order valence-corrected chi connectivity index (χ1v) is 7.94. The molecular formula is C15H26N4S. The van der Waals surface area contributed by atoms with Gasteiger partial charge in [0.15, 0.2) is 5.82 Å². The lowest BCUT2D eigenvalue weighted by molar-refractivity contribution is 0.618. The summed E-state index contributed by atoms with van der Waals surface area (Å²) >= 11 is 5.23. The van der Waals surface area contributed by atoms with E-state index in [0.29, 0.717) is 11.0 Å². The van der Waals surface area contributed by atoms with Crippen LogP contribution < -0.4 is 11.1 Å². The second-order valence-electron chi connectivity index (χ2n) is 4.96. The van der Waals surface area contributed by atoms with Crippen molar-refractivity contribution in [3.05, 3.63) is 16.8 Å². The van der Waals surface area contributed by atoms with Crippen LogP contribution in [0.2, 0.25) is 0 Å². The fourth-order valence-electron chi connectivity index (χ4n) is 2.46. The molecule has 1 unspecified atom stereocenters. The molecule has 0 spiro atoms. The summed E-state index contributed by atoms with van der Waals surface area (Å²) in [6.45, 7) is 8.53. The molecule has 0 amide bonds. The molecule has 4 nitrogen and oxygen atoms in total. The summed E-state index contributed by atoms with van der Waals surface area (Å²) in [6.07, 6.45) is 4.99. The molecule has 0 saturated carbocycles. The second-order valence-corrected chi connectivity index (χ2v) is 5.40. The topological polar surface area (TPSA) is 63.8 Å². The molecule has 3 N–H and O–H groups in total. The van der Waals surface area contributed by atoms with Gasteiger partial charge in [0.2, 0.25) is 0 Å². The average molecular weight is 294 g/mol. The van der Waals surface area contributed by atoms with E-state index in [-0.39, 0.29) is 0 Å². The summed E-state index contributed by atoms with van der Waals surface area (Å²) in [5.74, 6) is 0.742. The molecule has 0 aliphatic heterocycles. The Morgan fingerprint density at radius 1 is 1.20 bits per heavy atom. The first-order valence-electron chi connectivity index (χ1n) is 7.53. The molecule has 5 heteroatoms. The zero-order valence-electron chi connectivity index (χ0n) is 13.0. The van der Waals surface area contributed by atoms with Gasteiger partial charge in [-0.15, -0.1) is 5.10 Å². The summed E-state index contributed by atoms with van der Waals surface area (Å²) in [4.78, 5) is 0.403. The maximum atomic E-state index is 5.93. The highest BCUT2D eigenvalue weighted by atomic mass is 32.1. The Kier molecular flexibility index (Phi) is 6.85. The smallest absolute Gasteiger partial charge is 0.159 e. The van der Waals surface area contributed by atoms with Crippen LogP contribution >= 0.6 is 12.2 Å². The van der Waals surface area contributed by atoms with Crippen LogP contribution in [0.25, 0.3) is 0 Å². The van der Waals surface area contributed by atoms with Gasteiger partial charge in [0, 0.05) is 6.04 Å². The first-order chi connectivity index (χ1) is 9.58. The van der Waals surface area contributed by atoms with Gasteiger partial charge in [0.25, 0.3) is 0 Å². The molecule has 112 valence electrons. The molecule has 1 rings (SSSR count). The van der Waals surface area contributed by atoms with Crippen molar-refractivity contribution in [1.82, 2.24) is 10.2 Å². The fourth-order valence-corrected chi connectivity index (χ4v) is 2.68. The number of anilines is 1. The van der Waals surface area contributed by atoms with Crippen LogP contribution in [0.5, 0.6) is 0 Å². The Morgan fingerprint density at radius 2 is 1.90 bits per heavy atom. The lowest BCUT2D eigenvalue weighted by atomic mass is 10.0. The largest absolute Gasteiger partial charge is 0.389 e. The Hall–Kier alpha value is -1.23. The minimum atomic E-state index is 0.389. The number of rotatable bonds is 8. The molecule has 0 saturated heterocycles. The maximum absolute atomic E-state index is 5.93. The van der Waals surface area contributed by atoms with Crippen molar-refractivity contribution in [2.45, 2.75) is 65.8 Å². The van der Waals surface area contributed by atoms with Crippen molar-refractivity contribution in [3.8, 4) is 0 Å². The summed E-state index contributed by atoms with van der Waals surface area (Å²) in [6, 6.07) is 0.389. The summed E-state index contributed by atoms with van der Waals surface area (Å²) in [5, 5.41) is 12.1. The van der Waals surface area contributed by atoms with Gasteiger partial charge in [-0.2, -0.15) is 5.10 Å². The Morgan fingerprint density at radius 3 is 2.35 bits per heavy atom. The Balaban J connectivity index is 3.22. The van der Waals surface area contributed by atoms with Gasteiger partial charge < -0.3 is 11.1 Å². The zero-order chi connectivity index (χ0) is 15.1. The average Bonchev–Trinajstić information content (AvgIpc) is 2.45. The van der Waals surface area contributed by atoms with E-state index < -0.39 is 0 Å². The van der Waals surface area contributed by atoms with Crippen LogP contribution in [0.1, 0.15) is 63.8 Å². The highest BCUT2D eigenvalue weighted by molar-refractivity contribution is 7.80. The molecule has 0 fully saturated rings. The van der Waals surface area contributed by atoms with E-state index in [9.17, 15) is 0 Å². The minimum Gasteiger partial charge on any atom is -0.389 e. The number of aromatic nitrogens is 2. The van der Waals surface area contributed by atoms with Crippen LogP contribution in [0.4, 0.5) is 5.82 Å². The van der Waals surface area contributed by atoms with Gasteiger partial charge in [0.1, 0.15) is 4.99 Å². The van der Waals surface area contributed by atoms with Crippen molar-refractivity contribution in [1.29, 1.82) is 0 Å². The van der Waals surface area contributed by atoms with Gasteiger partial charge in [-0.25, -0.2) is 0 Å². The van der Waals surface area contributed by atoms with Crippen molar-refractivity contribution >= 4 is 23.0 Å². The fraction of sp³-hybridized carbons (Fsp3) is 0.667. The van der Waals surface area contributed by atoms with E-state index in [1.165, 1.54) is 0 Å². The first kappa shape index (κ1) is 16.8. The third kappa shape index (κ3) is 3.88. The number of nitrogens with two attached hydrogens (primary N) is 1. The number of thiocarbonyl (C=S) groups is 1. The molecule has 1 atom stereocenters. The predicted octanol–water partition coefficient (Wildman–Crippen LogP) is 3.23. The van der Waals surface area contributed by atoms with Crippen molar-refractivity contribution in [2.75, 3.05) is 5.32 Å². The zero-order valence-corrected chi connectivity index (χ0v) is 13.8. The maximum Gasteiger partial charge on any atom is 0.159 e. The van der Waals surface area contributed by atoms with E-state index in [4.69, 9.17) is 18.0 Å². The molecule has 1 heterocycles. The van der Waals surface area contributed by atoms with Gasteiger partial charge >= 0.3 is 0 Å². The lowest BCUT2D eigenvalue weighted by Gasteiger charge is -2.20. The van der Waals surface area contributed by atoms with Crippen LogP contribution in [0.15, 0.2) is 0 Å². The molecule has 1 aromatic rings. The van der Waals surface area contributed by atoms with Crippen LogP contribution in [-0.4, -0.2) is 21.2 Å². The summed E-state index contributed by atoms with van der Waals surface area (Å²) < 4.78 is 0. The molecule has 0 aromatic carbocycles. The predicted molar refractivity (Wildman–Crippen MR) is 89.3 cm³/mol. The van der Waals surface area contributed by atoms with E-state index in [0.717, 1.165) is 54.7 Å². The van der Waals surface area contributed by atoms with Gasteiger partial charge in [-0.05, 0) is 31.2 Å². The Bertz CT molecular complexity index is 459. The SMILES string of the molecule is CCCC(CC)Nc1nnc(CC)c(CC)c1C(N)=S. The highest BCUT2D eigenvalue weighted by Crippen LogP contribution is 2.22.